The molecule has 0 heterocycles. The highest BCUT2D eigenvalue weighted by molar-refractivity contribution is 5.32. The number of benzene rings is 1. The summed E-state index contributed by atoms with van der Waals surface area (Å²) in [4.78, 5) is 0. The van der Waals surface area contributed by atoms with Crippen LogP contribution in [0.3, 0.4) is 0 Å². The third-order valence-electron chi connectivity index (χ3n) is 2.17. The van der Waals surface area contributed by atoms with E-state index in [1.807, 2.05) is 0 Å². The number of ether oxygens (including phenoxy) is 1. The van der Waals surface area contributed by atoms with E-state index in [0.29, 0.717) is 6.61 Å². The Hall–Kier alpha value is -0.860. The monoisotopic (exact) mass is 179 g/mol. The van der Waals surface area contributed by atoms with Crippen LogP contribution in [0.2, 0.25) is 0 Å². The van der Waals surface area contributed by atoms with E-state index in [4.69, 9.17) is 10.5 Å². The van der Waals surface area contributed by atoms with E-state index < -0.39 is 0 Å². The fraction of sp³-hybridized carbons (Fsp3) is 0.455. The lowest BCUT2D eigenvalue weighted by molar-refractivity contribution is 0.180. The zero-order chi connectivity index (χ0) is 9.84. The molecule has 0 aliphatic heterocycles. The van der Waals surface area contributed by atoms with E-state index in [-0.39, 0.29) is 6.04 Å². The molecule has 1 rings (SSSR count). The second-order valence-corrected chi connectivity index (χ2v) is 3.42. The first-order valence-corrected chi connectivity index (χ1v) is 4.47. The van der Waals surface area contributed by atoms with Crippen molar-refractivity contribution >= 4 is 0 Å². The smallest absolute Gasteiger partial charge is 0.0655 e. The first-order chi connectivity index (χ1) is 6.15. The Kier molecular flexibility index (Phi) is 3.46. The lowest BCUT2D eigenvalue weighted by Gasteiger charge is -2.13. The average molecular weight is 179 g/mol. The van der Waals surface area contributed by atoms with Crippen LogP contribution in [-0.4, -0.2) is 13.7 Å². The van der Waals surface area contributed by atoms with E-state index in [9.17, 15) is 0 Å². The van der Waals surface area contributed by atoms with E-state index in [1.54, 1.807) is 7.11 Å². The van der Waals surface area contributed by atoms with Gasteiger partial charge in [-0.2, -0.15) is 0 Å². The van der Waals surface area contributed by atoms with Crippen molar-refractivity contribution in [3.8, 4) is 0 Å². The minimum Gasteiger partial charge on any atom is -0.383 e. The molecule has 0 amide bonds. The normalized spacial score (nSPS) is 12.9. The van der Waals surface area contributed by atoms with Gasteiger partial charge in [0.1, 0.15) is 0 Å². The highest BCUT2D eigenvalue weighted by atomic mass is 16.5. The van der Waals surface area contributed by atoms with Crippen molar-refractivity contribution in [1.29, 1.82) is 0 Å². The zero-order valence-electron chi connectivity index (χ0n) is 8.50. The second-order valence-electron chi connectivity index (χ2n) is 3.42. The fourth-order valence-corrected chi connectivity index (χ4v) is 1.51. The van der Waals surface area contributed by atoms with Crippen LogP contribution in [0.1, 0.15) is 22.7 Å². The topological polar surface area (TPSA) is 35.2 Å². The van der Waals surface area contributed by atoms with E-state index in [2.05, 4.69) is 32.0 Å². The summed E-state index contributed by atoms with van der Waals surface area (Å²) >= 11 is 0. The molecule has 0 saturated heterocycles. The predicted molar refractivity (Wildman–Crippen MR) is 54.7 cm³/mol. The van der Waals surface area contributed by atoms with Crippen LogP contribution in [0.5, 0.6) is 0 Å². The number of hydrogen-bond donors (Lipinski definition) is 1. The van der Waals surface area contributed by atoms with Crippen LogP contribution in [0, 0.1) is 13.8 Å². The summed E-state index contributed by atoms with van der Waals surface area (Å²) in [5, 5.41) is 0. The van der Waals surface area contributed by atoms with E-state index in [0.717, 1.165) is 0 Å². The van der Waals surface area contributed by atoms with Crippen molar-refractivity contribution in [2.45, 2.75) is 19.9 Å². The Bertz CT molecular complexity index is 283. The van der Waals surface area contributed by atoms with E-state index >= 15 is 0 Å². The SMILES string of the molecule is COC[C@@H](N)c1ccc(C)cc1C. The van der Waals surface area contributed by atoms with Gasteiger partial charge in [-0.1, -0.05) is 23.8 Å². The Morgan fingerprint density at radius 2 is 2.08 bits per heavy atom. The van der Waals surface area contributed by atoms with Crippen molar-refractivity contribution in [3.63, 3.8) is 0 Å². The fourth-order valence-electron chi connectivity index (χ4n) is 1.51. The van der Waals surface area contributed by atoms with Crippen molar-refractivity contribution in [1.82, 2.24) is 0 Å². The second kappa shape index (κ2) is 4.40. The van der Waals surface area contributed by atoms with Gasteiger partial charge in [-0.3, -0.25) is 0 Å². The largest absolute Gasteiger partial charge is 0.383 e. The molecular formula is C11H17NO. The van der Waals surface area contributed by atoms with Gasteiger partial charge in [-0.15, -0.1) is 0 Å². The Labute approximate surface area is 79.7 Å². The lowest BCUT2D eigenvalue weighted by Crippen LogP contribution is -2.17. The highest BCUT2D eigenvalue weighted by Gasteiger charge is 2.07. The van der Waals surface area contributed by atoms with Crippen LogP contribution < -0.4 is 5.73 Å². The Morgan fingerprint density at radius 3 is 2.62 bits per heavy atom. The summed E-state index contributed by atoms with van der Waals surface area (Å²) in [6.45, 7) is 4.74. The molecule has 0 spiro atoms. The first kappa shape index (κ1) is 10.2. The molecule has 1 aromatic carbocycles. The lowest BCUT2D eigenvalue weighted by atomic mass is 10.0. The molecule has 0 radical (unpaired) electrons. The van der Waals surface area contributed by atoms with Gasteiger partial charge in [0.15, 0.2) is 0 Å². The van der Waals surface area contributed by atoms with Crippen molar-refractivity contribution < 1.29 is 4.74 Å². The molecule has 1 aromatic rings. The number of rotatable bonds is 3. The molecule has 0 aliphatic carbocycles. The van der Waals surface area contributed by atoms with Gasteiger partial charge in [0.05, 0.1) is 12.6 Å². The maximum absolute atomic E-state index is 5.93. The number of aryl methyl sites for hydroxylation is 2. The molecule has 2 nitrogen and oxygen atoms in total. The molecule has 2 heteroatoms. The van der Waals surface area contributed by atoms with Crippen LogP contribution >= 0.6 is 0 Å². The van der Waals surface area contributed by atoms with Gasteiger partial charge in [0.25, 0.3) is 0 Å². The standard InChI is InChI=1S/C11H17NO/c1-8-4-5-10(9(2)6-8)11(12)7-13-3/h4-6,11H,7,12H2,1-3H3/t11-/m1/s1. The highest BCUT2D eigenvalue weighted by Crippen LogP contribution is 2.16. The van der Waals surface area contributed by atoms with Crippen molar-refractivity contribution in [2.75, 3.05) is 13.7 Å². The quantitative estimate of drug-likeness (QED) is 0.769. The predicted octanol–water partition coefficient (Wildman–Crippen LogP) is 1.95. The molecule has 0 bridgehead atoms. The van der Waals surface area contributed by atoms with Crippen LogP contribution in [-0.2, 0) is 4.74 Å². The van der Waals surface area contributed by atoms with Crippen molar-refractivity contribution in [3.05, 3.63) is 34.9 Å². The molecular weight excluding hydrogens is 162 g/mol. The summed E-state index contributed by atoms with van der Waals surface area (Å²) in [6.07, 6.45) is 0. The summed E-state index contributed by atoms with van der Waals surface area (Å²) in [5.74, 6) is 0. The van der Waals surface area contributed by atoms with Gasteiger partial charge in [-0.25, -0.2) is 0 Å². The molecule has 0 saturated carbocycles. The van der Waals surface area contributed by atoms with Gasteiger partial charge >= 0.3 is 0 Å². The molecule has 1 atom stereocenters. The zero-order valence-corrected chi connectivity index (χ0v) is 8.50. The van der Waals surface area contributed by atoms with Crippen LogP contribution in [0.15, 0.2) is 18.2 Å². The molecule has 2 N–H and O–H groups in total. The van der Waals surface area contributed by atoms with Crippen LogP contribution in [0.4, 0.5) is 0 Å². The minimum atomic E-state index is -0.00870. The number of hydrogen-bond acceptors (Lipinski definition) is 2. The maximum atomic E-state index is 5.93. The molecule has 0 aliphatic rings. The third-order valence-corrected chi connectivity index (χ3v) is 2.17. The Morgan fingerprint density at radius 1 is 1.38 bits per heavy atom. The van der Waals surface area contributed by atoms with E-state index in [1.165, 1.54) is 16.7 Å². The average Bonchev–Trinajstić information content (AvgIpc) is 2.04. The Balaban J connectivity index is 2.88. The minimum absolute atomic E-state index is 0.00870. The van der Waals surface area contributed by atoms with Gasteiger partial charge in [0.2, 0.25) is 0 Å². The van der Waals surface area contributed by atoms with Gasteiger partial charge < -0.3 is 10.5 Å². The van der Waals surface area contributed by atoms with Gasteiger partial charge in [-0.05, 0) is 25.0 Å². The first-order valence-electron chi connectivity index (χ1n) is 4.47. The van der Waals surface area contributed by atoms with Crippen LogP contribution in [0.25, 0.3) is 0 Å². The number of nitrogens with two attached hydrogens (primary N) is 1. The summed E-state index contributed by atoms with van der Waals surface area (Å²) < 4.78 is 5.02. The molecule has 72 valence electrons. The maximum Gasteiger partial charge on any atom is 0.0655 e. The molecule has 0 fully saturated rings. The molecule has 0 unspecified atom stereocenters. The summed E-state index contributed by atoms with van der Waals surface area (Å²) in [6, 6.07) is 6.29. The molecule has 0 aromatic heterocycles. The van der Waals surface area contributed by atoms with Gasteiger partial charge in [0, 0.05) is 7.11 Å². The third kappa shape index (κ3) is 2.54. The van der Waals surface area contributed by atoms with Crippen molar-refractivity contribution in [2.24, 2.45) is 5.73 Å². The number of methoxy groups -OCH3 is 1. The molecule has 13 heavy (non-hydrogen) atoms. The summed E-state index contributed by atoms with van der Waals surface area (Å²) in [7, 11) is 1.67. The summed E-state index contributed by atoms with van der Waals surface area (Å²) in [5.41, 5.74) is 9.61.